The molecule has 0 saturated carbocycles. The molecule has 1 aliphatic heterocycles. The van der Waals surface area contributed by atoms with E-state index in [0.717, 1.165) is 35.2 Å². The largest absolute Gasteiger partial charge is 0.325 e. The molecule has 0 radical (unpaired) electrons. The molecular weight excluding hydrogens is 200 g/mol. The Morgan fingerprint density at radius 1 is 1.50 bits per heavy atom. The van der Waals surface area contributed by atoms with Gasteiger partial charge in [0, 0.05) is 11.7 Å². The predicted molar refractivity (Wildman–Crippen MR) is 65.3 cm³/mol. The van der Waals surface area contributed by atoms with Gasteiger partial charge in [-0.2, -0.15) is 0 Å². The molecule has 3 heteroatoms. The Labute approximate surface area is 96.0 Å². The Balaban J connectivity index is 2.34. The van der Waals surface area contributed by atoms with E-state index in [-0.39, 0.29) is 11.9 Å². The number of aryl methyl sites for hydroxylation is 1. The third kappa shape index (κ3) is 1.95. The van der Waals surface area contributed by atoms with Crippen LogP contribution < -0.4 is 11.1 Å². The average molecular weight is 218 g/mol. The molecule has 0 bridgehead atoms. The highest BCUT2D eigenvalue weighted by Gasteiger charge is 2.21. The minimum atomic E-state index is 0.0827. The van der Waals surface area contributed by atoms with Gasteiger partial charge in [0.15, 0.2) is 0 Å². The molecule has 1 atom stereocenters. The number of nitrogens with two attached hydrogens (primary N) is 1. The first-order valence-corrected chi connectivity index (χ1v) is 5.80. The average Bonchev–Trinajstić information content (AvgIpc) is 2.59. The van der Waals surface area contributed by atoms with Crippen molar-refractivity contribution in [3.63, 3.8) is 0 Å². The fraction of sp³-hybridized carbons (Fsp3) is 0.462. The monoisotopic (exact) mass is 218 g/mol. The van der Waals surface area contributed by atoms with Crippen LogP contribution in [0.1, 0.15) is 42.5 Å². The van der Waals surface area contributed by atoms with Crippen LogP contribution >= 0.6 is 0 Å². The molecule has 0 spiro atoms. The van der Waals surface area contributed by atoms with Gasteiger partial charge in [0.2, 0.25) is 5.91 Å². The topological polar surface area (TPSA) is 55.1 Å². The summed E-state index contributed by atoms with van der Waals surface area (Å²) >= 11 is 0. The van der Waals surface area contributed by atoms with E-state index in [1.54, 1.807) is 0 Å². The molecular formula is C13H18N2O. The van der Waals surface area contributed by atoms with Gasteiger partial charge in [-0.1, -0.05) is 25.5 Å². The number of benzene rings is 1. The highest BCUT2D eigenvalue weighted by molar-refractivity contribution is 6.00. The van der Waals surface area contributed by atoms with Crippen molar-refractivity contribution in [3.05, 3.63) is 28.8 Å². The zero-order valence-electron chi connectivity index (χ0n) is 9.84. The smallest absolute Gasteiger partial charge is 0.228 e. The summed E-state index contributed by atoms with van der Waals surface area (Å²) in [5, 5.41) is 2.88. The van der Waals surface area contributed by atoms with E-state index in [2.05, 4.69) is 24.4 Å². The predicted octanol–water partition coefficient (Wildman–Crippen LogP) is 2.29. The van der Waals surface area contributed by atoms with Crippen LogP contribution in [0, 0.1) is 6.92 Å². The van der Waals surface area contributed by atoms with Gasteiger partial charge in [-0.25, -0.2) is 0 Å². The zero-order valence-corrected chi connectivity index (χ0v) is 9.84. The second-order valence-electron chi connectivity index (χ2n) is 4.49. The third-order valence-electron chi connectivity index (χ3n) is 3.08. The quantitative estimate of drug-likeness (QED) is 0.817. The molecule has 2 rings (SSSR count). The van der Waals surface area contributed by atoms with E-state index < -0.39 is 0 Å². The lowest BCUT2D eigenvalue weighted by atomic mass is 9.97. The van der Waals surface area contributed by atoms with Crippen LogP contribution in [0.3, 0.4) is 0 Å². The maximum Gasteiger partial charge on any atom is 0.228 e. The number of nitrogens with one attached hydrogen (secondary N) is 1. The lowest BCUT2D eigenvalue weighted by Crippen LogP contribution is -2.10. The van der Waals surface area contributed by atoms with Crippen LogP contribution in [0.25, 0.3) is 0 Å². The Bertz CT molecular complexity index is 426. The van der Waals surface area contributed by atoms with Crippen LogP contribution in [-0.2, 0) is 11.2 Å². The molecule has 3 nitrogen and oxygen atoms in total. The number of hydrogen-bond acceptors (Lipinski definition) is 2. The van der Waals surface area contributed by atoms with Gasteiger partial charge in [-0.05, 0) is 30.0 Å². The van der Waals surface area contributed by atoms with Crippen molar-refractivity contribution in [2.24, 2.45) is 5.73 Å². The molecule has 3 N–H and O–H groups in total. The summed E-state index contributed by atoms with van der Waals surface area (Å²) in [7, 11) is 0. The molecule has 1 aliphatic rings. The third-order valence-corrected chi connectivity index (χ3v) is 3.08. The Kier molecular flexibility index (Phi) is 2.97. The van der Waals surface area contributed by atoms with Gasteiger partial charge < -0.3 is 11.1 Å². The van der Waals surface area contributed by atoms with Gasteiger partial charge in [0.05, 0.1) is 6.42 Å². The lowest BCUT2D eigenvalue weighted by Gasteiger charge is -2.14. The lowest BCUT2D eigenvalue weighted by molar-refractivity contribution is -0.115. The van der Waals surface area contributed by atoms with Crippen molar-refractivity contribution in [1.82, 2.24) is 0 Å². The second-order valence-corrected chi connectivity index (χ2v) is 4.49. The molecule has 1 heterocycles. The summed E-state index contributed by atoms with van der Waals surface area (Å²) in [5.41, 5.74) is 10.4. The van der Waals surface area contributed by atoms with Gasteiger partial charge in [0.1, 0.15) is 0 Å². The molecule has 1 amide bonds. The molecule has 86 valence electrons. The maximum absolute atomic E-state index is 11.3. The fourth-order valence-electron chi connectivity index (χ4n) is 2.26. The molecule has 1 aromatic rings. The number of anilines is 1. The van der Waals surface area contributed by atoms with Crippen LogP contribution in [0.5, 0.6) is 0 Å². The molecule has 1 aromatic carbocycles. The van der Waals surface area contributed by atoms with Crippen molar-refractivity contribution in [2.75, 3.05) is 5.32 Å². The maximum atomic E-state index is 11.3. The Morgan fingerprint density at radius 2 is 2.25 bits per heavy atom. The van der Waals surface area contributed by atoms with Gasteiger partial charge >= 0.3 is 0 Å². The minimum absolute atomic E-state index is 0.0827. The number of fused-ring (bicyclic) bond motifs is 1. The highest BCUT2D eigenvalue weighted by atomic mass is 16.1. The second kappa shape index (κ2) is 4.26. The van der Waals surface area contributed by atoms with Gasteiger partial charge in [-0.3, -0.25) is 4.79 Å². The molecule has 0 aliphatic carbocycles. The number of hydrogen-bond donors (Lipinski definition) is 2. The minimum Gasteiger partial charge on any atom is -0.325 e. The van der Waals surface area contributed by atoms with E-state index in [0.29, 0.717) is 6.42 Å². The Hall–Kier alpha value is -1.35. The van der Waals surface area contributed by atoms with Gasteiger partial charge in [-0.15, -0.1) is 0 Å². The molecule has 0 saturated heterocycles. The van der Waals surface area contributed by atoms with Crippen molar-refractivity contribution < 1.29 is 4.79 Å². The summed E-state index contributed by atoms with van der Waals surface area (Å²) in [6.45, 7) is 4.15. The Morgan fingerprint density at radius 3 is 2.94 bits per heavy atom. The van der Waals surface area contributed by atoms with Crippen LogP contribution in [0.15, 0.2) is 12.1 Å². The number of amides is 1. The normalized spacial score (nSPS) is 15.8. The summed E-state index contributed by atoms with van der Waals surface area (Å²) in [4.78, 5) is 11.3. The molecule has 0 fully saturated rings. The summed E-state index contributed by atoms with van der Waals surface area (Å²) in [6.07, 6.45) is 2.55. The van der Waals surface area contributed by atoms with E-state index in [9.17, 15) is 4.79 Å². The van der Waals surface area contributed by atoms with Crippen molar-refractivity contribution in [3.8, 4) is 0 Å². The number of carbonyl (C=O) groups excluding carboxylic acids is 1. The van der Waals surface area contributed by atoms with E-state index in [4.69, 9.17) is 5.73 Å². The highest BCUT2D eigenvalue weighted by Crippen LogP contribution is 2.30. The van der Waals surface area contributed by atoms with Crippen LogP contribution in [0.4, 0.5) is 5.69 Å². The fourth-order valence-corrected chi connectivity index (χ4v) is 2.26. The number of carbonyl (C=O) groups is 1. The molecule has 0 aromatic heterocycles. The number of rotatable bonds is 3. The first-order valence-electron chi connectivity index (χ1n) is 5.80. The SMILES string of the molecule is CCCC(N)c1cc(C)c2c(c1)CC(=O)N2. The zero-order chi connectivity index (χ0) is 11.7. The van der Waals surface area contributed by atoms with E-state index >= 15 is 0 Å². The summed E-state index contributed by atoms with van der Waals surface area (Å²) in [5.74, 6) is 0.0827. The van der Waals surface area contributed by atoms with E-state index in [1.807, 2.05) is 6.92 Å². The summed E-state index contributed by atoms with van der Waals surface area (Å²) < 4.78 is 0. The first kappa shape index (κ1) is 11.1. The van der Waals surface area contributed by atoms with Crippen molar-refractivity contribution in [1.29, 1.82) is 0 Å². The van der Waals surface area contributed by atoms with Crippen molar-refractivity contribution in [2.45, 2.75) is 39.2 Å². The van der Waals surface area contributed by atoms with Crippen LogP contribution in [-0.4, -0.2) is 5.91 Å². The van der Waals surface area contributed by atoms with E-state index in [1.165, 1.54) is 0 Å². The molecule has 1 unspecified atom stereocenters. The summed E-state index contributed by atoms with van der Waals surface area (Å²) in [6, 6.07) is 4.25. The first-order chi connectivity index (χ1) is 7.61. The van der Waals surface area contributed by atoms with Gasteiger partial charge in [0.25, 0.3) is 0 Å². The van der Waals surface area contributed by atoms with Crippen LogP contribution in [0.2, 0.25) is 0 Å². The standard InChI is InChI=1S/C13H18N2O/c1-3-4-11(14)9-5-8(2)13-10(6-9)7-12(16)15-13/h5-6,11H,3-4,7,14H2,1-2H3,(H,15,16). The molecule has 16 heavy (non-hydrogen) atoms. The van der Waals surface area contributed by atoms with Crippen molar-refractivity contribution >= 4 is 11.6 Å².